The third-order valence-corrected chi connectivity index (χ3v) is 5.32. The van der Waals surface area contributed by atoms with E-state index in [4.69, 9.17) is 24.4 Å². The summed E-state index contributed by atoms with van der Waals surface area (Å²) in [6, 6.07) is 0. The maximum atomic E-state index is 11.6. The molecule has 0 radical (unpaired) electrons. The van der Waals surface area contributed by atoms with Gasteiger partial charge in [-0.05, 0) is 0 Å². The van der Waals surface area contributed by atoms with Crippen molar-refractivity contribution in [3.63, 3.8) is 0 Å². The van der Waals surface area contributed by atoms with Crippen molar-refractivity contribution >= 4 is 28.6 Å². The fourth-order valence-electron chi connectivity index (χ4n) is 2.58. The molecule has 2 fully saturated rings. The molecule has 2 rings (SSSR count). The summed E-state index contributed by atoms with van der Waals surface area (Å²) in [7, 11) is 0. The normalized spacial score (nSPS) is 49.3. The molecule has 0 aromatic heterocycles. The van der Waals surface area contributed by atoms with Gasteiger partial charge in [0.25, 0.3) is 0 Å². The number of alkyl halides is 1. The number of aliphatic carboxylic acids is 1. The molecule has 0 spiro atoms. The van der Waals surface area contributed by atoms with Crippen LogP contribution in [0.15, 0.2) is 0 Å². The standard InChI is InChI=1S/C12H19IO11/c13-5-8(18)6(16)3(1-14)22-10(5)24-12(11(20)21)9(19)7(17)4(2-15)23-12/h3-10,14-19H,1-2H2,(H,20,21)/t3-,4-,5-,6-,7-,8-,9+,10-,12-/m1/s1. The van der Waals surface area contributed by atoms with E-state index in [2.05, 4.69) is 0 Å². The molecule has 7 N–H and O–H groups in total. The van der Waals surface area contributed by atoms with Crippen LogP contribution in [0.4, 0.5) is 0 Å². The summed E-state index contributed by atoms with van der Waals surface area (Å²) in [6.07, 6.45) is -10.8. The third kappa shape index (κ3) is 3.27. The Labute approximate surface area is 149 Å². The van der Waals surface area contributed by atoms with Crippen LogP contribution in [-0.4, -0.2) is 108 Å². The quantitative estimate of drug-likeness (QED) is 0.155. The lowest BCUT2D eigenvalue weighted by molar-refractivity contribution is -0.342. The second kappa shape index (κ2) is 7.61. The summed E-state index contributed by atoms with van der Waals surface area (Å²) >= 11 is 1.65. The van der Waals surface area contributed by atoms with E-state index in [-0.39, 0.29) is 0 Å². The van der Waals surface area contributed by atoms with Crippen LogP contribution >= 0.6 is 22.6 Å². The predicted molar refractivity (Wildman–Crippen MR) is 81.0 cm³/mol. The van der Waals surface area contributed by atoms with Crippen molar-refractivity contribution in [2.45, 2.75) is 52.6 Å². The van der Waals surface area contributed by atoms with Crippen LogP contribution in [0, 0.1) is 0 Å². The zero-order valence-corrected chi connectivity index (χ0v) is 14.3. The molecule has 9 atom stereocenters. The van der Waals surface area contributed by atoms with E-state index in [1.54, 1.807) is 22.6 Å². The predicted octanol–water partition coefficient (Wildman–Crippen LogP) is -3.86. The number of hydrogen-bond acceptors (Lipinski definition) is 10. The van der Waals surface area contributed by atoms with E-state index in [0.717, 1.165) is 0 Å². The average Bonchev–Trinajstić information content (AvgIpc) is 2.81. The number of carboxylic acids is 1. The highest BCUT2D eigenvalue weighted by Gasteiger charge is 2.63. The Kier molecular flexibility index (Phi) is 6.39. The second-order valence-electron chi connectivity index (χ2n) is 5.52. The molecule has 140 valence electrons. The van der Waals surface area contributed by atoms with E-state index in [9.17, 15) is 30.3 Å². The number of aliphatic hydroxyl groups is 6. The minimum atomic E-state index is -2.75. The minimum absolute atomic E-state index is 0.674. The van der Waals surface area contributed by atoms with Crippen molar-refractivity contribution in [1.29, 1.82) is 0 Å². The fraction of sp³-hybridized carbons (Fsp3) is 0.917. The van der Waals surface area contributed by atoms with Gasteiger partial charge in [-0.15, -0.1) is 0 Å². The first-order valence-electron chi connectivity index (χ1n) is 7.02. The van der Waals surface area contributed by atoms with Crippen molar-refractivity contribution in [2.24, 2.45) is 0 Å². The summed E-state index contributed by atoms with van der Waals surface area (Å²) in [6.45, 7) is -1.44. The maximum absolute atomic E-state index is 11.6. The first-order chi connectivity index (χ1) is 11.2. The molecule has 2 saturated heterocycles. The molecule has 0 aliphatic carbocycles. The fourth-order valence-corrected chi connectivity index (χ4v) is 3.32. The minimum Gasteiger partial charge on any atom is -0.477 e. The van der Waals surface area contributed by atoms with Crippen molar-refractivity contribution < 1.29 is 54.8 Å². The highest BCUT2D eigenvalue weighted by molar-refractivity contribution is 14.1. The number of ether oxygens (including phenoxy) is 3. The van der Waals surface area contributed by atoms with Gasteiger partial charge in [0.2, 0.25) is 0 Å². The number of carboxylic acid groups (broad SMARTS) is 1. The Bertz CT molecular complexity index is 462. The Morgan fingerprint density at radius 1 is 1.04 bits per heavy atom. The molecule has 2 aliphatic rings. The molecule has 12 heteroatoms. The molecule has 2 aliphatic heterocycles. The Balaban J connectivity index is 2.26. The van der Waals surface area contributed by atoms with Crippen LogP contribution in [0.5, 0.6) is 0 Å². The lowest BCUT2D eigenvalue weighted by Gasteiger charge is -2.42. The van der Waals surface area contributed by atoms with Crippen LogP contribution in [0.2, 0.25) is 0 Å². The van der Waals surface area contributed by atoms with E-state index < -0.39 is 71.8 Å². The largest absolute Gasteiger partial charge is 0.477 e. The lowest BCUT2D eigenvalue weighted by Crippen LogP contribution is -2.62. The summed E-state index contributed by atoms with van der Waals surface area (Å²) in [5.41, 5.74) is 0. The molecule has 2 heterocycles. The number of aliphatic hydroxyl groups excluding tert-OH is 6. The summed E-state index contributed by atoms with van der Waals surface area (Å²) < 4.78 is 14.5. The van der Waals surface area contributed by atoms with Crippen LogP contribution in [0.3, 0.4) is 0 Å². The van der Waals surface area contributed by atoms with Crippen LogP contribution in [-0.2, 0) is 19.0 Å². The van der Waals surface area contributed by atoms with Crippen LogP contribution in [0.25, 0.3) is 0 Å². The Morgan fingerprint density at radius 2 is 1.62 bits per heavy atom. The molecular formula is C12H19IO11. The molecule has 0 amide bonds. The monoisotopic (exact) mass is 466 g/mol. The summed E-state index contributed by atoms with van der Waals surface area (Å²) in [5, 5.41) is 67.2. The van der Waals surface area contributed by atoms with Crippen LogP contribution < -0.4 is 0 Å². The number of rotatable bonds is 5. The molecule has 0 saturated carbocycles. The highest BCUT2D eigenvalue weighted by Crippen LogP contribution is 2.37. The molecule has 24 heavy (non-hydrogen) atoms. The van der Waals surface area contributed by atoms with Gasteiger partial charge in [-0.3, -0.25) is 0 Å². The van der Waals surface area contributed by atoms with E-state index in [1.807, 2.05) is 0 Å². The Morgan fingerprint density at radius 3 is 2.08 bits per heavy atom. The number of carbonyl (C=O) groups is 1. The molecule has 0 aromatic rings. The van der Waals surface area contributed by atoms with Gasteiger partial charge in [0.15, 0.2) is 6.29 Å². The SMILES string of the molecule is O=C(O)[C@@]1(O[C@H]2O[C@H](CO)[C@@H](O)[C@H](O)[C@H]2I)O[C@H](CO)[C@@H](O)[C@@H]1O. The van der Waals surface area contributed by atoms with Gasteiger partial charge in [0.05, 0.1) is 23.2 Å². The second-order valence-corrected chi connectivity index (χ2v) is 6.95. The maximum Gasteiger partial charge on any atom is 0.367 e. The van der Waals surface area contributed by atoms with Gasteiger partial charge in [-0.2, -0.15) is 0 Å². The van der Waals surface area contributed by atoms with E-state index in [0.29, 0.717) is 0 Å². The molecular weight excluding hydrogens is 447 g/mol. The zero-order chi connectivity index (χ0) is 18.2. The van der Waals surface area contributed by atoms with Gasteiger partial charge in [-0.1, -0.05) is 22.6 Å². The third-order valence-electron chi connectivity index (χ3n) is 4.00. The van der Waals surface area contributed by atoms with E-state index >= 15 is 0 Å². The van der Waals surface area contributed by atoms with Crippen molar-refractivity contribution in [3.8, 4) is 0 Å². The molecule has 11 nitrogen and oxygen atoms in total. The van der Waals surface area contributed by atoms with Gasteiger partial charge in [0.1, 0.15) is 30.5 Å². The van der Waals surface area contributed by atoms with Gasteiger partial charge in [0, 0.05) is 0 Å². The van der Waals surface area contributed by atoms with Crippen LogP contribution in [0.1, 0.15) is 0 Å². The topological polar surface area (TPSA) is 186 Å². The van der Waals surface area contributed by atoms with Gasteiger partial charge >= 0.3 is 11.8 Å². The number of hydrogen-bond donors (Lipinski definition) is 7. The first kappa shape index (κ1) is 20.2. The average molecular weight is 466 g/mol. The first-order valence-corrected chi connectivity index (χ1v) is 8.26. The van der Waals surface area contributed by atoms with Gasteiger partial charge < -0.3 is 50.0 Å². The molecule has 0 unspecified atom stereocenters. The molecule has 0 aromatic carbocycles. The Hall–Kier alpha value is -0.160. The lowest BCUT2D eigenvalue weighted by atomic mass is 10.0. The zero-order valence-electron chi connectivity index (χ0n) is 12.2. The van der Waals surface area contributed by atoms with Crippen molar-refractivity contribution in [3.05, 3.63) is 0 Å². The highest BCUT2D eigenvalue weighted by atomic mass is 127. The molecule has 0 bridgehead atoms. The smallest absolute Gasteiger partial charge is 0.367 e. The summed E-state index contributed by atoms with van der Waals surface area (Å²) in [4.78, 5) is 11.6. The summed E-state index contributed by atoms with van der Waals surface area (Å²) in [5.74, 6) is -4.53. The number of halogens is 1. The van der Waals surface area contributed by atoms with Crippen molar-refractivity contribution in [1.82, 2.24) is 0 Å². The van der Waals surface area contributed by atoms with Crippen molar-refractivity contribution in [2.75, 3.05) is 13.2 Å². The van der Waals surface area contributed by atoms with E-state index in [1.165, 1.54) is 0 Å². The van der Waals surface area contributed by atoms with Gasteiger partial charge in [-0.25, -0.2) is 4.79 Å².